The third-order valence-corrected chi connectivity index (χ3v) is 6.93. The average molecular weight is 537 g/mol. The van der Waals surface area contributed by atoms with E-state index in [-0.39, 0.29) is 18.6 Å². The number of thiophene rings is 1. The van der Waals surface area contributed by atoms with Crippen molar-refractivity contribution in [2.75, 3.05) is 18.4 Å². The smallest absolute Gasteiger partial charge is 0.404 e. The zero-order chi connectivity index (χ0) is 27.1. The zero-order valence-corrected chi connectivity index (χ0v) is 22.0. The highest BCUT2D eigenvalue weighted by Crippen LogP contribution is 2.29. The molecule has 9 nitrogen and oxygen atoms in total. The molecule has 1 aromatic carbocycles. The molecule has 5 rings (SSSR count). The molecular formula is C27H29FN6O3S. The number of primary amides is 1. The van der Waals surface area contributed by atoms with Gasteiger partial charge in [-0.25, -0.2) is 19.2 Å². The van der Waals surface area contributed by atoms with Crippen LogP contribution in [0, 0.1) is 12.7 Å². The summed E-state index contributed by atoms with van der Waals surface area (Å²) in [4.78, 5) is 39.0. The van der Waals surface area contributed by atoms with Crippen LogP contribution in [0.1, 0.15) is 52.3 Å². The second-order valence-electron chi connectivity index (χ2n) is 8.86. The van der Waals surface area contributed by atoms with E-state index in [2.05, 4.69) is 25.0 Å². The van der Waals surface area contributed by atoms with Gasteiger partial charge in [0.25, 0.3) is 5.91 Å². The number of fused-ring (bicyclic) bond motifs is 1. The molecule has 3 aromatic heterocycles. The lowest BCUT2D eigenvalue weighted by Gasteiger charge is -2.17. The molecule has 38 heavy (non-hydrogen) atoms. The third-order valence-electron chi connectivity index (χ3n) is 5.89. The minimum atomic E-state index is -0.742. The van der Waals surface area contributed by atoms with Crippen molar-refractivity contribution in [1.82, 2.24) is 19.9 Å². The van der Waals surface area contributed by atoms with Crippen LogP contribution in [-0.4, -0.2) is 44.9 Å². The maximum Gasteiger partial charge on any atom is 0.404 e. The molecule has 0 bridgehead atoms. The molecule has 0 spiro atoms. The first kappa shape index (κ1) is 26.9. The van der Waals surface area contributed by atoms with E-state index in [1.165, 1.54) is 23.6 Å². The van der Waals surface area contributed by atoms with Crippen molar-refractivity contribution in [2.45, 2.75) is 39.3 Å². The Morgan fingerprint density at radius 3 is 2.58 bits per heavy atom. The van der Waals surface area contributed by atoms with Gasteiger partial charge < -0.3 is 20.7 Å². The Kier molecular flexibility index (Phi) is 8.80. The topological polar surface area (TPSA) is 123 Å². The number of nitrogens with one attached hydrogen (secondary N) is 1. The van der Waals surface area contributed by atoms with E-state index < -0.39 is 11.9 Å². The highest BCUT2D eigenvalue weighted by Gasteiger charge is 2.25. The maximum absolute atomic E-state index is 13.4. The van der Waals surface area contributed by atoms with E-state index in [4.69, 9.17) is 5.73 Å². The Labute approximate surface area is 223 Å². The lowest BCUT2D eigenvalue weighted by Crippen LogP contribution is -2.28. The summed E-state index contributed by atoms with van der Waals surface area (Å²) in [6.07, 6.45) is 4.08. The van der Waals surface area contributed by atoms with Gasteiger partial charge in [-0.15, -0.1) is 11.3 Å². The molecule has 1 aliphatic rings. The molecule has 1 fully saturated rings. The van der Waals surface area contributed by atoms with E-state index >= 15 is 0 Å². The molecule has 3 N–H and O–H groups in total. The Bertz CT molecular complexity index is 1410. The molecule has 2 amide bonds. The average Bonchev–Trinajstić information content (AvgIpc) is 3.57. The molecule has 0 aliphatic carbocycles. The van der Waals surface area contributed by atoms with Crippen LogP contribution in [0.15, 0.2) is 54.9 Å². The van der Waals surface area contributed by atoms with Crippen LogP contribution < -0.4 is 11.1 Å². The number of amides is 2. The largest absolute Gasteiger partial charge is 0.445 e. The fourth-order valence-corrected chi connectivity index (χ4v) is 4.93. The number of hydrogen-bond donors (Lipinski definition) is 2. The highest BCUT2D eigenvalue weighted by molar-refractivity contribution is 7.19. The molecule has 4 aromatic rings. The number of nitrogens with two attached hydrogens (primary N) is 1. The Hall–Kier alpha value is -4.12. The number of pyridine rings is 1. The van der Waals surface area contributed by atoms with Crippen LogP contribution in [0.3, 0.4) is 0 Å². The predicted octanol–water partition coefficient (Wildman–Crippen LogP) is 5.22. The highest BCUT2D eigenvalue weighted by atomic mass is 32.1. The summed E-state index contributed by atoms with van der Waals surface area (Å²) in [5, 5.41) is 3.18. The van der Waals surface area contributed by atoms with Gasteiger partial charge in [-0.2, -0.15) is 0 Å². The molecular weight excluding hydrogens is 507 g/mol. The first-order chi connectivity index (χ1) is 18.3. The van der Waals surface area contributed by atoms with Crippen LogP contribution in [0.2, 0.25) is 0 Å². The molecule has 1 atom stereocenters. The van der Waals surface area contributed by atoms with Gasteiger partial charge in [0, 0.05) is 24.2 Å². The second-order valence-corrected chi connectivity index (χ2v) is 10.1. The van der Waals surface area contributed by atoms with Crippen molar-refractivity contribution in [3.63, 3.8) is 0 Å². The molecule has 1 unspecified atom stereocenters. The third kappa shape index (κ3) is 7.00. The van der Waals surface area contributed by atoms with E-state index in [1.807, 2.05) is 55.1 Å². The van der Waals surface area contributed by atoms with E-state index in [0.29, 0.717) is 17.2 Å². The zero-order valence-electron chi connectivity index (χ0n) is 21.2. The van der Waals surface area contributed by atoms with Crippen molar-refractivity contribution < 1.29 is 18.7 Å². The van der Waals surface area contributed by atoms with Crippen LogP contribution >= 0.6 is 11.3 Å². The van der Waals surface area contributed by atoms with Crippen LogP contribution in [0.5, 0.6) is 0 Å². The lowest BCUT2D eigenvalue weighted by atomic mass is 10.1. The van der Waals surface area contributed by atoms with Gasteiger partial charge in [-0.3, -0.25) is 9.78 Å². The number of aromatic nitrogens is 3. The molecule has 1 aliphatic heterocycles. The van der Waals surface area contributed by atoms with Crippen LogP contribution in [-0.2, 0) is 11.3 Å². The number of rotatable bonds is 6. The van der Waals surface area contributed by atoms with Crippen molar-refractivity contribution in [2.24, 2.45) is 5.73 Å². The summed E-state index contributed by atoms with van der Waals surface area (Å²) < 4.78 is 18.8. The number of benzene rings is 1. The number of anilines is 1. The van der Waals surface area contributed by atoms with Crippen molar-refractivity contribution in [3.8, 4) is 0 Å². The van der Waals surface area contributed by atoms with Gasteiger partial charge in [0.05, 0.1) is 22.5 Å². The minimum absolute atomic E-state index is 0.0510. The predicted molar refractivity (Wildman–Crippen MR) is 144 cm³/mol. The molecule has 198 valence electrons. The monoisotopic (exact) mass is 536 g/mol. The summed E-state index contributed by atoms with van der Waals surface area (Å²) in [5.74, 6) is -0.0830. The number of hydrogen-bond acceptors (Lipinski definition) is 8. The fraction of sp³-hybridized carbons (Fsp3) is 0.296. The number of aryl methyl sites for hydroxylation is 1. The number of likely N-dealkylation sites (tertiary alicyclic amines) is 1. The molecule has 1 saturated heterocycles. The Balaban J connectivity index is 0.000000257. The summed E-state index contributed by atoms with van der Waals surface area (Å²) in [5.41, 5.74) is 7.59. The van der Waals surface area contributed by atoms with Crippen molar-refractivity contribution in [1.29, 1.82) is 0 Å². The van der Waals surface area contributed by atoms with Gasteiger partial charge in [-0.05, 0) is 49.9 Å². The summed E-state index contributed by atoms with van der Waals surface area (Å²) in [7, 11) is 0. The Morgan fingerprint density at radius 1 is 1.16 bits per heavy atom. The lowest BCUT2D eigenvalue weighted by molar-refractivity contribution is 0.0789. The number of carbonyl (C=O) groups excluding carboxylic acids is 2. The summed E-state index contributed by atoms with van der Waals surface area (Å²) in [6, 6.07) is 12.5. The molecule has 11 heteroatoms. The summed E-state index contributed by atoms with van der Waals surface area (Å²) in [6.45, 7) is 5.65. The van der Waals surface area contributed by atoms with Crippen LogP contribution in [0.4, 0.5) is 15.1 Å². The van der Waals surface area contributed by atoms with Gasteiger partial charge in [0.2, 0.25) is 5.95 Å². The number of carbonyl (C=O) groups is 2. The maximum atomic E-state index is 13.4. The Morgan fingerprint density at radius 2 is 1.89 bits per heavy atom. The summed E-state index contributed by atoms with van der Waals surface area (Å²) >= 11 is 1.53. The standard InChI is InChI=1S/C19H20FN5OS.C8H9NO2/c1-11-7-15-17(27-11)16(18(26)25-5-3-4-6-25)24-19(23-15)22-12(2)13-8-14(20)10-21-9-13;9-8(10)11-6-7-4-2-1-3-5-7/h7-10,12H,3-6H2,1-2H3,(H,22,23,24);1-5H,6H2,(H2,9,10). The number of ether oxygens (including phenoxy) is 1. The van der Waals surface area contributed by atoms with Crippen molar-refractivity contribution in [3.05, 3.63) is 82.4 Å². The van der Waals surface area contributed by atoms with Gasteiger partial charge >= 0.3 is 6.09 Å². The van der Waals surface area contributed by atoms with Gasteiger partial charge in [0.1, 0.15) is 12.4 Å². The van der Waals surface area contributed by atoms with Gasteiger partial charge in [0.15, 0.2) is 5.69 Å². The van der Waals surface area contributed by atoms with E-state index in [9.17, 15) is 14.0 Å². The quantitative estimate of drug-likeness (QED) is 0.346. The van der Waals surface area contributed by atoms with Crippen LogP contribution in [0.25, 0.3) is 10.2 Å². The number of nitrogens with zero attached hydrogens (tertiary/aromatic N) is 4. The molecule has 0 radical (unpaired) electrons. The van der Waals surface area contributed by atoms with Gasteiger partial charge in [-0.1, -0.05) is 30.3 Å². The van der Waals surface area contributed by atoms with E-state index in [0.717, 1.165) is 46.6 Å². The van der Waals surface area contributed by atoms with E-state index in [1.54, 1.807) is 6.20 Å². The van der Waals surface area contributed by atoms with Crippen molar-refractivity contribution >= 4 is 39.5 Å². The normalized spacial score (nSPS) is 13.5. The minimum Gasteiger partial charge on any atom is -0.445 e. The first-order valence-corrected chi connectivity index (χ1v) is 13.0. The molecule has 4 heterocycles. The number of halogens is 1. The fourth-order valence-electron chi connectivity index (χ4n) is 4.00. The SMILES string of the molecule is Cc1cc2nc(NC(C)c3cncc(F)c3)nc(C(=O)N3CCCC3)c2s1.NC(=O)OCc1ccccc1. The first-order valence-electron chi connectivity index (χ1n) is 12.2. The molecule has 0 saturated carbocycles. The second kappa shape index (κ2) is 12.4.